The maximum atomic E-state index is 10.8. The summed E-state index contributed by atoms with van der Waals surface area (Å²) < 4.78 is 0. The summed E-state index contributed by atoms with van der Waals surface area (Å²) in [6.45, 7) is 1.80. The molecule has 4 heteroatoms. The van der Waals surface area contributed by atoms with Crippen molar-refractivity contribution in [3.05, 3.63) is 47.9 Å². The van der Waals surface area contributed by atoms with Crippen LogP contribution in [0.3, 0.4) is 0 Å². The van der Waals surface area contributed by atoms with Gasteiger partial charge in [0.15, 0.2) is 0 Å². The molecule has 0 unspecified atom stereocenters. The fraction of sp³-hybridized carbons (Fsp3) is 0.0833. The van der Waals surface area contributed by atoms with E-state index in [0.29, 0.717) is 5.82 Å². The van der Waals surface area contributed by atoms with Crippen molar-refractivity contribution in [1.29, 1.82) is 0 Å². The third-order valence-corrected chi connectivity index (χ3v) is 2.18. The summed E-state index contributed by atoms with van der Waals surface area (Å²) >= 11 is 0. The van der Waals surface area contributed by atoms with Gasteiger partial charge in [0.05, 0.1) is 11.3 Å². The minimum atomic E-state index is -0.937. The van der Waals surface area contributed by atoms with Crippen molar-refractivity contribution in [2.24, 2.45) is 0 Å². The zero-order chi connectivity index (χ0) is 11.5. The number of hydrogen-bond acceptors (Lipinski definition) is 3. The van der Waals surface area contributed by atoms with Crippen molar-refractivity contribution in [3.63, 3.8) is 0 Å². The lowest BCUT2D eigenvalue weighted by molar-refractivity contribution is 0.0697. The van der Waals surface area contributed by atoms with Crippen LogP contribution in [-0.4, -0.2) is 21.0 Å². The van der Waals surface area contributed by atoms with E-state index >= 15 is 0 Å². The number of carbonyl (C=O) groups is 1. The molecule has 1 heterocycles. The average Bonchev–Trinajstić information content (AvgIpc) is 2.29. The van der Waals surface area contributed by atoms with Crippen molar-refractivity contribution in [3.8, 4) is 11.3 Å². The Hall–Kier alpha value is -2.23. The first-order valence-corrected chi connectivity index (χ1v) is 4.80. The Labute approximate surface area is 92.6 Å². The van der Waals surface area contributed by atoms with Gasteiger partial charge in [-0.2, -0.15) is 0 Å². The molecule has 0 aliphatic carbocycles. The van der Waals surface area contributed by atoms with Crippen molar-refractivity contribution in [2.75, 3.05) is 0 Å². The molecule has 16 heavy (non-hydrogen) atoms. The minimum absolute atomic E-state index is 0.258. The monoisotopic (exact) mass is 214 g/mol. The van der Waals surface area contributed by atoms with Gasteiger partial charge in [0, 0.05) is 11.8 Å². The molecule has 0 saturated heterocycles. The molecule has 0 fully saturated rings. The quantitative estimate of drug-likeness (QED) is 0.831. The molecular weight excluding hydrogens is 204 g/mol. The largest absolute Gasteiger partial charge is 0.478 e. The number of carboxylic acids is 1. The summed E-state index contributed by atoms with van der Waals surface area (Å²) in [6.07, 6.45) is 1.66. The van der Waals surface area contributed by atoms with E-state index in [9.17, 15) is 4.79 Å². The molecule has 0 bridgehead atoms. The van der Waals surface area contributed by atoms with Gasteiger partial charge >= 0.3 is 5.97 Å². The Morgan fingerprint density at radius 2 is 2.12 bits per heavy atom. The van der Waals surface area contributed by atoms with E-state index in [0.717, 1.165) is 11.3 Å². The van der Waals surface area contributed by atoms with E-state index in [1.54, 1.807) is 37.4 Å². The standard InChI is InChI=1S/C12H10N2O2/c1-8-13-6-5-11(14-8)9-3-2-4-10(7-9)12(15)16/h2-7H,1H3,(H,15,16). The number of nitrogens with zero attached hydrogens (tertiary/aromatic N) is 2. The topological polar surface area (TPSA) is 63.1 Å². The van der Waals surface area contributed by atoms with Gasteiger partial charge in [-0.3, -0.25) is 0 Å². The second kappa shape index (κ2) is 4.10. The summed E-state index contributed by atoms with van der Waals surface area (Å²) in [5, 5.41) is 8.88. The van der Waals surface area contributed by atoms with Crippen LogP contribution in [0.2, 0.25) is 0 Å². The first kappa shape index (κ1) is 10.3. The molecule has 4 nitrogen and oxygen atoms in total. The van der Waals surface area contributed by atoms with Crippen LogP contribution in [0, 0.1) is 6.92 Å². The van der Waals surface area contributed by atoms with Crippen LogP contribution in [0.4, 0.5) is 0 Å². The highest BCUT2D eigenvalue weighted by Gasteiger charge is 2.05. The van der Waals surface area contributed by atoms with Crippen LogP contribution >= 0.6 is 0 Å². The molecule has 1 N–H and O–H groups in total. The zero-order valence-electron chi connectivity index (χ0n) is 8.71. The maximum absolute atomic E-state index is 10.8. The van der Waals surface area contributed by atoms with E-state index in [2.05, 4.69) is 9.97 Å². The van der Waals surface area contributed by atoms with Gasteiger partial charge in [-0.05, 0) is 25.1 Å². The Morgan fingerprint density at radius 1 is 1.31 bits per heavy atom. The summed E-state index contributed by atoms with van der Waals surface area (Å²) in [7, 11) is 0. The van der Waals surface area contributed by atoms with Crippen LogP contribution in [-0.2, 0) is 0 Å². The van der Waals surface area contributed by atoms with Gasteiger partial charge in [-0.25, -0.2) is 14.8 Å². The maximum Gasteiger partial charge on any atom is 0.335 e. The number of aromatic nitrogens is 2. The van der Waals surface area contributed by atoms with Gasteiger partial charge in [0.1, 0.15) is 5.82 Å². The number of benzene rings is 1. The lowest BCUT2D eigenvalue weighted by Crippen LogP contribution is -1.96. The first-order valence-electron chi connectivity index (χ1n) is 4.80. The van der Waals surface area contributed by atoms with E-state index < -0.39 is 5.97 Å². The predicted octanol–water partition coefficient (Wildman–Crippen LogP) is 2.15. The molecule has 0 amide bonds. The second-order valence-electron chi connectivity index (χ2n) is 3.38. The zero-order valence-corrected chi connectivity index (χ0v) is 8.71. The first-order chi connectivity index (χ1) is 7.66. The van der Waals surface area contributed by atoms with Gasteiger partial charge in [0.2, 0.25) is 0 Å². The molecule has 80 valence electrons. The van der Waals surface area contributed by atoms with E-state index in [4.69, 9.17) is 5.11 Å². The highest BCUT2D eigenvalue weighted by molar-refractivity contribution is 5.89. The Kier molecular flexibility index (Phi) is 2.64. The molecule has 0 aliphatic rings. The van der Waals surface area contributed by atoms with Crippen LogP contribution in [0.25, 0.3) is 11.3 Å². The molecular formula is C12H10N2O2. The normalized spacial score (nSPS) is 10.1. The number of aromatic carboxylic acids is 1. The SMILES string of the molecule is Cc1nccc(-c2cccc(C(=O)O)c2)n1. The highest BCUT2D eigenvalue weighted by Crippen LogP contribution is 2.17. The molecule has 1 aromatic carbocycles. The summed E-state index contributed by atoms with van der Waals surface area (Å²) in [6, 6.07) is 8.45. The molecule has 0 aliphatic heterocycles. The van der Waals surface area contributed by atoms with Crippen molar-refractivity contribution < 1.29 is 9.90 Å². The third-order valence-electron chi connectivity index (χ3n) is 2.18. The van der Waals surface area contributed by atoms with Crippen LogP contribution in [0.1, 0.15) is 16.2 Å². The van der Waals surface area contributed by atoms with Crippen LogP contribution in [0.5, 0.6) is 0 Å². The van der Waals surface area contributed by atoms with E-state index in [1.165, 1.54) is 0 Å². The molecule has 0 spiro atoms. The smallest absolute Gasteiger partial charge is 0.335 e. The highest BCUT2D eigenvalue weighted by atomic mass is 16.4. The summed E-state index contributed by atoms with van der Waals surface area (Å²) in [5.41, 5.74) is 1.77. The average molecular weight is 214 g/mol. The number of hydrogen-bond donors (Lipinski definition) is 1. The van der Waals surface area contributed by atoms with Crippen LogP contribution in [0.15, 0.2) is 36.5 Å². The van der Waals surface area contributed by atoms with E-state index in [-0.39, 0.29) is 5.56 Å². The molecule has 0 saturated carbocycles. The number of aryl methyl sites for hydroxylation is 1. The van der Waals surface area contributed by atoms with Gasteiger partial charge in [0.25, 0.3) is 0 Å². The second-order valence-corrected chi connectivity index (χ2v) is 3.38. The number of rotatable bonds is 2. The fourth-order valence-corrected chi connectivity index (χ4v) is 1.43. The molecule has 2 aromatic rings. The molecule has 2 rings (SSSR count). The third kappa shape index (κ3) is 2.06. The molecule has 0 radical (unpaired) electrons. The van der Waals surface area contributed by atoms with Crippen molar-refractivity contribution >= 4 is 5.97 Å². The van der Waals surface area contributed by atoms with Crippen LogP contribution < -0.4 is 0 Å². The minimum Gasteiger partial charge on any atom is -0.478 e. The Morgan fingerprint density at radius 3 is 2.81 bits per heavy atom. The lowest BCUT2D eigenvalue weighted by Gasteiger charge is -2.02. The van der Waals surface area contributed by atoms with E-state index in [1.807, 2.05) is 6.07 Å². The van der Waals surface area contributed by atoms with Gasteiger partial charge in [-0.1, -0.05) is 12.1 Å². The number of carboxylic acid groups (broad SMARTS) is 1. The fourth-order valence-electron chi connectivity index (χ4n) is 1.43. The Bertz CT molecular complexity index is 538. The summed E-state index contributed by atoms with van der Waals surface area (Å²) in [4.78, 5) is 19.1. The Balaban J connectivity index is 2.48. The molecule has 0 atom stereocenters. The summed E-state index contributed by atoms with van der Waals surface area (Å²) in [5.74, 6) is -0.272. The predicted molar refractivity (Wildman–Crippen MR) is 59.2 cm³/mol. The van der Waals surface area contributed by atoms with Gasteiger partial charge < -0.3 is 5.11 Å². The molecule has 1 aromatic heterocycles. The van der Waals surface area contributed by atoms with Crippen molar-refractivity contribution in [1.82, 2.24) is 9.97 Å². The lowest BCUT2D eigenvalue weighted by atomic mass is 10.1. The van der Waals surface area contributed by atoms with Crippen molar-refractivity contribution in [2.45, 2.75) is 6.92 Å². The van der Waals surface area contributed by atoms with Gasteiger partial charge in [-0.15, -0.1) is 0 Å².